The summed E-state index contributed by atoms with van der Waals surface area (Å²) in [5, 5.41) is 9.59. The van der Waals surface area contributed by atoms with Gasteiger partial charge in [0.25, 0.3) is 0 Å². The molecule has 1 aliphatic carbocycles. The van der Waals surface area contributed by atoms with Gasteiger partial charge in [0.15, 0.2) is 0 Å². The molecule has 2 aromatic heterocycles. The molecule has 4 nitrogen and oxygen atoms in total. The van der Waals surface area contributed by atoms with Crippen LogP contribution >= 0.6 is 22.7 Å². The summed E-state index contributed by atoms with van der Waals surface area (Å²) in [6.07, 6.45) is 5.76. The van der Waals surface area contributed by atoms with Gasteiger partial charge in [0.1, 0.15) is 0 Å². The molecule has 0 saturated heterocycles. The fourth-order valence-corrected chi connectivity index (χ4v) is 4.94. The molecule has 0 aliphatic heterocycles. The molecule has 2 heterocycles. The van der Waals surface area contributed by atoms with Crippen LogP contribution in [0.25, 0.3) is 0 Å². The second-order valence-corrected chi connectivity index (χ2v) is 8.24. The molecular weight excluding hydrogens is 340 g/mol. The molecule has 0 aromatic carbocycles. The van der Waals surface area contributed by atoms with E-state index in [2.05, 4.69) is 28.1 Å². The monoisotopic (exact) mass is 362 g/mol. The third-order valence-corrected chi connectivity index (χ3v) is 6.64. The fraction of sp³-hybridized carbons (Fsp3) is 0.444. The zero-order valence-electron chi connectivity index (χ0n) is 13.5. The van der Waals surface area contributed by atoms with E-state index in [9.17, 15) is 9.59 Å². The fourth-order valence-electron chi connectivity index (χ4n) is 3.31. The summed E-state index contributed by atoms with van der Waals surface area (Å²) >= 11 is 3.31. The summed E-state index contributed by atoms with van der Waals surface area (Å²) in [5.74, 6) is -1.09. The molecule has 128 valence electrons. The quantitative estimate of drug-likeness (QED) is 0.801. The minimum absolute atomic E-state index is 0.00386. The molecular formula is C18H22N2O2S2. The van der Waals surface area contributed by atoms with Gasteiger partial charge in [0.2, 0.25) is 0 Å². The first kappa shape index (κ1) is 17.2. The number of carbonyl (C=O) groups is 2. The van der Waals surface area contributed by atoms with Crippen LogP contribution in [0.4, 0.5) is 0 Å². The highest BCUT2D eigenvalue weighted by molar-refractivity contribution is 7.10. The Kier molecular flexibility index (Phi) is 5.68. The molecule has 2 N–H and O–H groups in total. The number of rotatable bonds is 5. The molecule has 1 fully saturated rings. The van der Waals surface area contributed by atoms with E-state index in [0.717, 1.165) is 17.7 Å². The molecule has 6 heteroatoms. The van der Waals surface area contributed by atoms with Crippen molar-refractivity contribution in [2.45, 2.75) is 44.1 Å². The Bertz CT molecular complexity index is 659. The van der Waals surface area contributed by atoms with E-state index >= 15 is 0 Å². The second-order valence-electron chi connectivity index (χ2n) is 6.26. The predicted octanol–water partition coefficient (Wildman–Crippen LogP) is 3.44. The van der Waals surface area contributed by atoms with Crippen LogP contribution in [-0.2, 0) is 21.5 Å². The second kappa shape index (κ2) is 7.94. The van der Waals surface area contributed by atoms with Crippen LogP contribution in [0, 0.1) is 0 Å². The van der Waals surface area contributed by atoms with Gasteiger partial charge in [-0.2, -0.15) is 0 Å². The third-order valence-electron chi connectivity index (χ3n) is 4.65. The van der Waals surface area contributed by atoms with Gasteiger partial charge < -0.3 is 10.6 Å². The van der Waals surface area contributed by atoms with E-state index in [-0.39, 0.29) is 5.41 Å². The van der Waals surface area contributed by atoms with Crippen molar-refractivity contribution in [2.75, 3.05) is 6.54 Å². The van der Waals surface area contributed by atoms with Crippen molar-refractivity contribution in [3.63, 3.8) is 0 Å². The largest absolute Gasteiger partial charge is 0.347 e. The van der Waals surface area contributed by atoms with E-state index in [4.69, 9.17) is 0 Å². The molecule has 0 bridgehead atoms. The zero-order chi connectivity index (χ0) is 16.8. The van der Waals surface area contributed by atoms with E-state index in [1.165, 1.54) is 24.1 Å². The lowest BCUT2D eigenvalue weighted by atomic mass is 9.73. The lowest BCUT2D eigenvalue weighted by molar-refractivity contribution is -0.139. The van der Waals surface area contributed by atoms with Crippen molar-refractivity contribution in [3.8, 4) is 0 Å². The van der Waals surface area contributed by atoms with Crippen LogP contribution in [0.3, 0.4) is 0 Å². The van der Waals surface area contributed by atoms with Gasteiger partial charge >= 0.3 is 11.8 Å². The average molecular weight is 363 g/mol. The standard InChI is InChI=1S/C18H22N2O2S2/c21-16(19-12-14-6-4-10-23-14)17(22)20-13-18(8-2-1-3-9-18)15-7-5-11-24-15/h4-7,10-11H,1-3,8-9,12-13H2,(H,19,21)(H,20,22). The maximum absolute atomic E-state index is 12.1. The molecule has 24 heavy (non-hydrogen) atoms. The summed E-state index contributed by atoms with van der Waals surface area (Å²) in [6.45, 7) is 0.943. The van der Waals surface area contributed by atoms with E-state index < -0.39 is 11.8 Å². The van der Waals surface area contributed by atoms with Crippen LogP contribution in [0.15, 0.2) is 35.0 Å². The third kappa shape index (κ3) is 4.05. The Morgan fingerprint density at radius 1 is 0.958 bits per heavy atom. The SMILES string of the molecule is O=C(NCc1cccs1)C(=O)NCC1(c2cccs2)CCCCC1. The molecule has 2 amide bonds. The number of thiophene rings is 2. The number of carbonyl (C=O) groups excluding carboxylic acids is 2. The van der Waals surface area contributed by atoms with Crippen molar-refractivity contribution in [1.29, 1.82) is 0 Å². The Morgan fingerprint density at radius 3 is 2.33 bits per heavy atom. The topological polar surface area (TPSA) is 58.2 Å². The van der Waals surface area contributed by atoms with Gasteiger partial charge in [-0.05, 0) is 35.7 Å². The van der Waals surface area contributed by atoms with Crippen LogP contribution < -0.4 is 10.6 Å². The summed E-state index contributed by atoms with van der Waals surface area (Å²) in [7, 11) is 0. The minimum atomic E-state index is -0.555. The Morgan fingerprint density at radius 2 is 1.67 bits per heavy atom. The first-order valence-electron chi connectivity index (χ1n) is 8.32. The van der Waals surface area contributed by atoms with Gasteiger partial charge in [0.05, 0.1) is 6.54 Å². The summed E-state index contributed by atoms with van der Waals surface area (Å²) in [4.78, 5) is 26.5. The van der Waals surface area contributed by atoms with Gasteiger partial charge in [-0.25, -0.2) is 0 Å². The van der Waals surface area contributed by atoms with Crippen molar-refractivity contribution in [2.24, 2.45) is 0 Å². The molecule has 1 aliphatic rings. The van der Waals surface area contributed by atoms with Crippen LogP contribution in [0.5, 0.6) is 0 Å². The Labute approximate surface area is 150 Å². The lowest BCUT2D eigenvalue weighted by Gasteiger charge is -2.36. The average Bonchev–Trinajstić information content (AvgIpc) is 3.32. The highest BCUT2D eigenvalue weighted by atomic mass is 32.1. The molecule has 0 spiro atoms. The van der Waals surface area contributed by atoms with Crippen molar-refractivity contribution >= 4 is 34.5 Å². The molecule has 0 atom stereocenters. The first-order chi connectivity index (χ1) is 11.7. The normalized spacial score (nSPS) is 16.5. The maximum atomic E-state index is 12.1. The smallest absolute Gasteiger partial charge is 0.309 e. The van der Waals surface area contributed by atoms with Gasteiger partial charge in [0, 0.05) is 21.7 Å². The summed E-state index contributed by atoms with van der Waals surface area (Å²) in [6, 6.07) is 8.08. The zero-order valence-corrected chi connectivity index (χ0v) is 15.2. The highest BCUT2D eigenvalue weighted by Gasteiger charge is 2.35. The van der Waals surface area contributed by atoms with Crippen molar-refractivity contribution < 1.29 is 9.59 Å². The Balaban J connectivity index is 1.56. The molecule has 1 saturated carbocycles. The van der Waals surface area contributed by atoms with Gasteiger partial charge in [-0.15, -0.1) is 22.7 Å². The van der Waals surface area contributed by atoms with Crippen molar-refractivity contribution in [1.82, 2.24) is 10.6 Å². The number of amides is 2. The molecule has 0 unspecified atom stereocenters. The van der Waals surface area contributed by atoms with Gasteiger partial charge in [-0.1, -0.05) is 31.4 Å². The summed E-state index contributed by atoms with van der Waals surface area (Å²) in [5.41, 5.74) is -0.00386. The number of nitrogens with one attached hydrogen (secondary N) is 2. The maximum Gasteiger partial charge on any atom is 0.309 e. The summed E-state index contributed by atoms with van der Waals surface area (Å²) < 4.78 is 0. The first-order valence-corrected chi connectivity index (χ1v) is 10.1. The Hall–Kier alpha value is -1.66. The van der Waals surface area contributed by atoms with Gasteiger partial charge in [-0.3, -0.25) is 9.59 Å². The van der Waals surface area contributed by atoms with Crippen LogP contribution in [-0.4, -0.2) is 18.4 Å². The predicted molar refractivity (Wildman–Crippen MR) is 98.3 cm³/mol. The highest BCUT2D eigenvalue weighted by Crippen LogP contribution is 2.41. The van der Waals surface area contributed by atoms with E-state index in [1.807, 2.05) is 17.5 Å². The minimum Gasteiger partial charge on any atom is -0.347 e. The number of hydrogen-bond donors (Lipinski definition) is 2. The molecule has 3 rings (SSSR count). The molecule has 0 radical (unpaired) electrons. The molecule has 2 aromatic rings. The van der Waals surface area contributed by atoms with Crippen LogP contribution in [0.1, 0.15) is 41.9 Å². The van der Waals surface area contributed by atoms with E-state index in [0.29, 0.717) is 13.1 Å². The van der Waals surface area contributed by atoms with E-state index in [1.54, 1.807) is 22.7 Å². The van der Waals surface area contributed by atoms with Crippen molar-refractivity contribution in [3.05, 3.63) is 44.8 Å². The van der Waals surface area contributed by atoms with Crippen LogP contribution in [0.2, 0.25) is 0 Å². The lowest BCUT2D eigenvalue weighted by Crippen LogP contribution is -2.46. The number of hydrogen-bond acceptors (Lipinski definition) is 4.